The van der Waals surface area contributed by atoms with Gasteiger partial charge >= 0.3 is 0 Å². The molecule has 4 heteroatoms. The van der Waals surface area contributed by atoms with Crippen LogP contribution in [0.1, 0.15) is 0 Å². The molecule has 0 aliphatic heterocycles. The van der Waals surface area contributed by atoms with E-state index in [0.717, 1.165) is 0 Å². The van der Waals surface area contributed by atoms with E-state index in [1.807, 2.05) is 0 Å². The van der Waals surface area contributed by atoms with E-state index >= 15 is 0 Å². The van der Waals surface area contributed by atoms with Gasteiger partial charge in [-0.15, -0.1) is 0 Å². The summed E-state index contributed by atoms with van der Waals surface area (Å²) in [6.45, 7) is 0. The fourth-order valence-corrected chi connectivity index (χ4v) is 0. The quantitative estimate of drug-likeness (QED) is 0.311. The molecule has 0 N–H and O–H groups in total. The van der Waals surface area contributed by atoms with Gasteiger partial charge in [0.05, 0.1) is 0 Å². The Hall–Kier alpha value is 3.73. The zero-order valence-corrected chi connectivity index (χ0v) is 23.4. The van der Waals surface area contributed by atoms with E-state index in [0.29, 0.717) is 0 Å². The van der Waals surface area contributed by atoms with Crippen LogP contribution >= 0.6 is 0 Å². The molecule has 0 unspecified atom stereocenters. The van der Waals surface area contributed by atoms with Crippen LogP contribution < -0.4 is 0 Å². The predicted molar refractivity (Wildman–Crippen MR) is 0 cm³/mol. The fraction of sp³-hybridized carbons (Fsp3) is 0. The minimum Gasteiger partial charge on any atom is 0 e. The molecular weight excluding hydrogens is 714 g/mol. The molecule has 0 heterocycles. The maximum absolute atomic E-state index is 0. The summed E-state index contributed by atoms with van der Waals surface area (Å²) in [4.78, 5) is 0. The van der Waals surface area contributed by atoms with Crippen molar-refractivity contribution in [3.8, 4) is 0 Å². The molecule has 0 aromatic heterocycles. The molecule has 0 saturated carbocycles. The van der Waals surface area contributed by atoms with Gasteiger partial charge in [0.15, 0.2) is 0 Å². The van der Waals surface area contributed by atoms with Gasteiger partial charge in [-0.3, -0.25) is 0 Å². The molecule has 0 aromatic rings. The molecule has 0 radical (unpaired) electrons. The van der Waals surface area contributed by atoms with Crippen molar-refractivity contribution in [2.45, 2.75) is 0 Å². The van der Waals surface area contributed by atoms with E-state index in [4.69, 9.17) is 0 Å². The topological polar surface area (TPSA) is 0 Å². The molecule has 8 valence electrons. The Morgan fingerprint density at radius 1 is 0.500 bits per heavy atom. The van der Waals surface area contributed by atoms with Gasteiger partial charge in [0, 0.05) is 110 Å². The van der Waals surface area contributed by atoms with E-state index in [9.17, 15) is 0 Å². The Labute approximate surface area is 108 Å². The molecule has 0 fully saturated rings. The van der Waals surface area contributed by atoms with E-state index in [1.54, 1.807) is 0 Å². The molecule has 0 aliphatic rings. The molecule has 0 nitrogen and oxygen atoms in total. The summed E-state index contributed by atoms with van der Waals surface area (Å²) < 4.78 is 0. The molecule has 4 heavy (non-hydrogen) atoms. The number of hydrogen-bond donors (Lipinski definition) is 0. The molecule has 0 rings (SSSR count). The van der Waals surface area contributed by atoms with E-state index in [-0.39, 0.29) is 110 Å². The largest absolute Gasteiger partial charge is 0 e. The second kappa shape index (κ2) is 15.9. The van der Waals surface area contributed by atoms with Gasteiger partial charge in [0.1, 0.15) is 0 Å². The van der Waals surface area contributed by atoms with Gasteiger partial charge < -0.3 is 0 Å². The molecule has 0 saturated heterocycles. The monoisotopic (exact) mass is 720 g/mol. The Morgan fingerprint density at radius 3 is 0.500 bits per heavy atom. The predicted octanol–water partition coefficient (Wildman–Crippen LogP) is -0.0100. The third kappa shape index (κ3) is 9.21. The first kappa shape index (κ1) is 25.2. The van der Waals surface area contributed by atoms with Crippen LogP contribution in [0, 0.1) is 0 Å². The SMILES string of the molecule is [Cd].[Hg].[Hg].[Hg]. The zero-order chi connectivity index (χ0) is 0. The normalized spacial score (nSPS) is 0. The molecule has 0 atom stereocenters. The van der Waals surface area contributed by atoms with Gasteiger partial charge in [-0.1, -0.05) is 0 Å². The summed E-state index contributed by atoms with van der Waals surface area (Å²) in [5, 5.41) is 0. The van der Waals surface area contributed by atoms with Crippen LogP contribution in [0.25, 0.3) is 0 Å². The van der Waals surface area contributed by atoms with Gasteiger partial charge in [0.25, 0.3) is 0 Å². The van der Waals surface area contributed by atoms with Crippen LogP contribution in [0.4, 0.5) is 0 Å². The second-order valence-electron chi connectivity index (χ2n) is 0. The smallest absolute Gasteiger partial charge is 0 e. The minimum atomic E-state index is 0. The van der Waals surface area contributed by atoms with Crippen LogP contribution in [-0.4, -0.2) is 0 Å². The summed E-state index contributed by atoms with van der Waals surface area (Å²) in [7, 11) is 0. The van der Waals surface area contributed by atoms with Gasteiger partial charge in [-0.05, 0) is 0 Å². The van der Waals surface area contributed by atoms with E-state index in [2.05, 4.69) is 0 Å². The van der Waals surface area contributed by atoms with Gasteiger partial charge in [-0.2, -0.15) is 0 Å². The van der Waals surface area contributed by atoms with Crippen molar-refractivity contribution in [2.75, 3.05) is 0 Å². The maximum Gasteiger partial charge on any atom is 0 e. The summed E-state index contributed by atoms with van der Waals surface area (Å²) >= 11 is 0. The van der Waals surface area contributed by atoms with Crippen molar-refractivity contribution in [2.24, 2.45) is 0 Å². The van der Waals surface area contributed by atoms with Crippen LogP contribution in [0.5, 0.6) is 0 Å². The van der Waals surface area contributed by atoms with Gasteiger partial charge in [-0.25, -0.2) is 0 Å². The molecule has 0 amide bonds. The second-order valence-corrected chi connectivity index (χ2v) is 0. The van der Waals surface area contributed by atoms with Crippen LogP contribution in [0.3, 0.4) is 0 Å². The first-order valence-corrected chi connectivity index (χ1v) is 0. The summed E-state index contributed by atoms with van der Waals surface area (Å²) in [6, 6.07) is 0. The van der Waals surface area contributed by atoms with Crippen molar-refractivity contribution in [1.82, 2.24) is 0 Å². The average molecular weight is 714 g/mol. The first-order chi connectivity index (χ1) is 0. The molecule has 0 bridgehead atoms. The molecule has 0 aromatic carbocycles. The Kier molecular flexibility index (Phi) is 100.0. The Bertz CT molecular complexity index is 3.25. The maximum atomic E-state index is 0. The van der Waals surface area contributed by atoms with Crippen LogP contribution in [0.15, 0.2) is 0 Å². The van der Waals surface area contributed by atoms with Gasteiger partial charge in [0.2, 0.25) is 0 Å². The number of hydrogen-bond acceptors (Lipinski definition) is 0. The summed E-state index contributed by atoms with van der Waals surface area (Å²) in [6.07, 6.45) is 0. The van der Waals surface area contributed by atoms with Crippen LogP contribution in [-0.2, 0) is 110 Å². The number of rotatable bonds is 0. The van der Waals surface area contributed by atoms with Crippen LogP contribution in [0.2, 0.25) is 0 Å². The van der Waals surface area contributed by atoms with Crippen molar-refractivity contribution in [1.29, 1.82) is 0 Å². The zero-order valence-electron chi connectivity index (χ0n) is 2.83. The third-order valence-electron chi connectivity index (χ3n) is 0. The average Bonchev–Trinajstić information content (AvgIpc) is 0. The van der Waals surface area contributed by atoms with Crippen molar-refractivity contribution in [3.63, 3.8) is 0 Å². The Balaban J connectivity index is 0. The van der Waals surface area contributed by atoms with E-state index < -0.39 is 0 Å². The van der Waals surface area contributed by atoms with Crippen molar-refractivity contribution < 1.29 is 110 Å². The van der Waals surface area contributed by atoms with E-state index in [1.165, 1.54) is 0 Å². The first-order valence-electron chi connectivity index (χ1n) is 0. The summed E-state index contributed by atoms with van der Waals surface area (Å²) in [5.74, 6) is 0. The summed E-state index contributed by atoms with van der Waals surface area (Å²) in [5.41, 5.74) is 0. The fourth-order valence-electron chi connectivity index (χ4n) is 0. The standard InChI is InChI=1S/Cd.3Hg. The minimum absolute atomic E-state index is 0. The molecule has 0 spiro atoms. The molecule has 0 aliphatic carbocycles. The third-order valence-corrected chi connectivity index (χ3v) is 0. The Morgan fingerprint density at radius 2 is 0.500 bits per heavy atom. The van der Waals surface area contributed by atoms with Crippen molar-refractivity contribution in [3.05, 3.63) is 0 Å². The molecular formula is CdHg3. The van der Waals surface area contributed by atoms with Crippen molar-refractivity contribution >= 4 is 0 Å².